The Morgan fingerprint density at radius 3 is 2.69 bits per heavy atom. The van der Waals surface area contributed by atoms with Gasteiger partial charge in [0.25, 0.3) is 0 Å². The molecule has 1 saturated heterocycles. The summed E-state index contributed by atoms with van der Waals surface area (Å²) in [5.74, 6) is -0.665. The van der Waals surface area contributed by atoms with Gasteiger partial charge in [0.05, 0.1) is 0 Å². The summed E-state index contributed by atoms with van der Waals surface area (Å²) in [6.45, 7) is 5.20. The van der Waals surface area contributed by atoms with Gasteiger partial charge in [-0.05, 0) is 30.0 Å². The van der Waals surface area contributed by atoms with Crippen LogP contribution in [0.1, 0.15) is 39.2 Å². The molecule has 1 fully saturated rings. The number of β-lactam (4-membered cyclic amide) rings is 1. The Bertz CT molecular complexity index is 916. The van der Waals surface area contributed by atoms with Gasteiger partial charge in [-0.1, -0.05) is 32.1 Å². The Balaban J connectivity index is 1.75. The first-order valence-electron chi connectivity index (χ1n) is 10.4. The molecule has 1 amide bonds. The van der Waals surface area contributed by atoms with Crippen molar-refractivity contribution >= 4 is 35.9 Å². The van der Waals surface area contributed by atoms with Crippen LogP contribution in [-0.2, 0) is 23.8 Å². The highest BCUT2D eigenvalue weighted by Crippen LogP contribution is 2.40. The molecular weight excluding hydrogens is 434 g/mol. The molecule has 0 bridgehead atoms. The van der Waals surface area contributed by atoms with E-state index in [1.807, 2.05) is 19.9 Å². The molecule has 3 atom stereocenters. The fraction of sp³-hybridized carbons (Fsp3) is 0.455. The number of amides is 1. The molecule has 1 unspecified atom stereocenters. The Labute approximate surface area is 191 Å². The number of nitrogens with zero attached hydrogens (tertiary/aromatic N) is 2. The summed E-state index contributed by atoms with van der Waals surface area (Å²) in [4.78, 5) is 42.7. The molecule has 172 valence electrons. The van der Waals surface area contributed by atoms with E-state index >= 15 is 0 Å². The molecule has 2 N–H and O–H groups in total. The van der Waals surface area contributed by atoms with Crippen LogP contribution in [0.25, 0.3) is 6.08 Å². The van der Waals surface area contributed by atoms with Gasteiger partial charge in [0, 0.05) is 25.1 Å². The van der Waals surface area contributed by atoms with E-state index in [-0.39, 0.29) is 23.1 Å². The number of pyridine rings is 1. The fourth-order valence-corrected chi connectivity index (χ4v) is 4.58. The Hall–Kier alpha value is -2.85. The van der Waals surface area contributed by atoms with Gasteiger partial charge < -0.3 is 19.9 Å². The molecule has 10 heteroatoms. The minimum Gasteiger partial charge on any atom is -0.431 e. The van der Waals surface area contributed by atoms with Crippen LogP contribution in [-0.4, -0.2) is 57.5 Å². The first-order chi connectivity index (χ1) is 15.3. The van der Waals surface area contributed by atoms with Crippen molar-refractivity contribution in [2.45, 2.75) is 57.4 Å². The summed E-state index contributed by atoms with van der Waals surface area (Å²) < 4.78 is 15.5. The highest BCUT2D eigenvalue weighted by atomic mass is 32.2. The first kappa shape index (κ1) is 23.8. The van der Waals surface area contributed by atoms with Gasteiger partial charge in [-0.2, -0.15) is 0 Å². The summed E-state index contributed by atoms with van der Waals surface area (Å²) in [6.07, 6.45) is 5.81. The van der Waals surface area contributed by atoms with Crippen LogP contribution < -0.4 is 5.73 Å². The van der Waals surface area contributed by atoms with E-state index in [9.17, 15) is 14.4 Å². The van der Waals surface area contributed by atoms with Gasteiger partial charge in [-0.25, -0.2) is 9.59 Å². The van der Waals surface area contributed by atoms with Gasteiger partial charge in [-0.15, -0.1) is 11.8 Å². The van der Waals surface area contributed by atoms with Crippen LogP contribution >= 0.6 is 11.8 Å². The molecule has 0 radical (unpaired) electrons. The summed E-state index contributed by atoms with van der Waals surface area (Å²) in [5.41, 5.74) is 7.44. The maximum Gasteiger partial charge on any atom is 0.511 e. The summed E-state index contributed by atoms with van der Waals surface area (Å²) in [6, 6.07) is 3.00. The third-order valence-electron chi connectivity index (χ3n) is 5.10. The minimum absolute atomic E-state index is 0.101. The van der Waals surface area contributed by atoms with Crippen molar-refractivity contribution in [3.63, 3.8) is 0 Å². The van der Waals surface area contributed by atoms with Crippen LogP contribution in [0.2, 0.25) is 0 Å². The van der Waals surface area contributed by atoms with E-state index in [0.29, 0.717) is 24.2 Å². The lowest BCUT2D eigenvalue weighted by Gasteiger charge is -2.48. The molecule has 0 saturated carbocycles. The molecule has 0 spiro atoms. The molecule has 32 heavy (non-hydrogen) atoms. The van der Waals surface area contributed by atoms with Crippen LogP contribution in [0.4, 0.5) is 4.79 Å². The number of fused-ring (bicyclic) bond motifs is 1. The standard InChI is InChI=1S/C22H27N3O6S/c1-4-16(5-2)31-22(28)30-13(3)29-21(27)18-15(9-8-14-7-6-10-24-11-14)12-32-20-17(23)19(26)25(18)20/h6-11,13,16-17,20H,4-5,12,23H2,1-3H3/b9-8-/t13?,17-,20+/m1/s1. The number of hydrogen-bond donors (Lipinski definition) is 1. The second-order valence-electron chi connectivity index (χ2n) is 7.33. The highest BCUT2D eigenvalue weighted by molar-refractivity contribution is 8.00. The zero-order valence-corrected chi connectivity index (χ0v) is 19.0. The smallest absolute Gasteiger partial charge is 0.431 e. The molecule has 1 aromatic rings. The third-order valence-corrected chi connectivity index (χ3v) is 6.43. The number of carbonyl (C=O) groups excluding carboxylic acids is 3. The van der Waals surface area contributed by atoms with Crippen molar-refractivity contribution in [1.82, 2.24) is 9.88 Å². The summed E-state index contributed by atoms with van der Waals surface area (Å²) in [5, 5.41) is -0.336. The summed E-state index contributed by atoms with van der Waals surface area (Å²) in [7, 11) is 0. The van der Waals surface area contributed by atoms with Gasteiger partial charge in [0.2, 0.25) is 12.2 Å². The number of nitrogens with two attached hydrogens (primary N) is 1. The van der Waals surface area contributed by atoms with E-state index in [2.05, 4.69) is 4.98 Å². The van der Waals surface area contributed by atoms with E-state index < -0.39 is 24.5 Å². The lowest BCUT2D eigenvalue weighted by molar-refractivity contribution is -0.169. The van der Waals surface area contributed by atoms with Crippen LogP contribution in [0.15, 0.2) is 41.9 Å². The van der Waals surface area contributed by atoms with Crippen LogP contribution in [0.3, 0.4) is 0 Å². The number of rotatable bonds is 8. The van der Waals surface area contributed by atoms with E-state index in [4.69, 9.17) is 19.9 Å². The lowest BCUT2D eigenvalue weighted by Crippen LogP contribution is -2.68. The molecule has 2 aliphatic rings. The third kappa shape index (κ3) is 5.31. The molecule has 1 aromatic heterocycles. The molecule has 0 aromatic carbocycles. The average molecular weight is 462 g/mol. The number of carbonyl (C=O) groups is 3. The Morgan fingerprint density at radius 2 is 2.03 bits per heavy atom. The number of hydrogen-bond acceptors (Lipinski definition) is 9. The van der Waals surface area contributed by atoms with Crippen molar-refractivity contribution in [2.24, 2.45) is 5.73 Å². The van der Waals surface area contributed by atoms with Crippen molar-refractivity contribution in [1.29, 1.82) is 0 Å². The second kappa shape index (κ2) is 10.6. The second-order valence-corrected chi connectivity index (χ2v) is 8.43. The van der Waals surface area contributed by atoms with Crippen molar-refractivity contribution < 1.29 is 28.6 Å². The van der Waals surface area contributed by atoms with Gasteiger partial charge in [0.15, 0.2) is 0 Å². The molecular formula is C22H27N3O6S. The van der Waals surface area contributed by atoms with E-state index in [0.717, 1.165) is 5.56 Å². The van der Waals surface area contributed by atoms with E-state index in [1.165, 1.54) is 23.6 Å². The minimum atomic E-state index is -1.20. The molecule has 3 heterocycles. The molecule has 0 aliphatic carbocycles. The quantitative estimate of drug-likeness (QED) is 0.354. The molecule has 9 nitrogen and oxygen atoms in total. The maximum absolute atomic E-state index is 13.0. The largest absolute Gasteiger partial charge is 0.511 e. The SMILES string of the molecule is CCC(CC)OC(=O)OC(C)OC(=O)C1=C(/C=C\c2cccnc2)CS[C@H]2[C@H](N)C(=O)N12. The first-order valence-corrected chi connectivity index (χ1v) is 11.5. The Kier molecular flexibility index (Phi) is 7.92. The molecule has 3 rings (SSSR count). The average Bonchev–Trinajstić information content (AvgIpc) is 2.80. The Morgan fingerprint density at radius 1 is 1.28 bits per heavy atom. The zero-order valence-electron chi connectivity index (χ0n) is 18.2. The predicted octanol–water partition coefficient (Wildman–Crippen LogP) is 2.82. The fourth-order valence-electron chi connectivity index (χ4n) is 3.31. The number of ether oxygens (including phenoxy) is 3. The van der Waals surface area contributed by atoms with Crippen molar-refractivity contribution in [2.75, 3.05) is 5.75 Å². The van der Waals surface area contributed by atoms with Gasteiger partial charge >= 0.3 is 12.1 Å². The molecule has 2 aliphatic heterocycles. The topological polar surface area (TPSA) is 121 Å². The summed E-state index contributed by atoms with van der Waals surface area (Å²) >= 11 is 1.47. The highest BCUT2D eigenvalue weighted by Gasteiger charge is 2.52. The predicted molar refractivity (Wildman–Crippen MR) is 119 cm³/mol. The zero-order chi connectivity index (χ0) is 23.3. The van der Waals surface area contributed by atoms with Crippen LogP contribution in [0.5, 0.6) is 0 Å². The van der Waals surface area contributed by atoms with Gasteiger partial charge in [0.1, 0.15) is 23.2 Å². The number of allylic oxidation sites excluding steroid dienone is 1. The van der Waals surface area contributed by atoms with Crippen LogP contribution in [0, 0.1) is 0 Å². The monoisotopic (exact) mass is 461 g/mol. The van der Waals surface area contributed by atoms with E-state index in [1.54, 1.807) is 30.6 Å². The number of aromatic nitrogens is 1. The van der Waals surface area contributed by atoms with Gasteiger partial charge in [-0.3, -0.25) is 14.7 Å². The number of esters is 1. The normalized spacial score (nSPS) is 21.3. The lowest BCUT2D eigenvalue weighted by atomic mass is 10.0. The van der Waals surface area contributed by atoms with Crippen molar-refractivity contribution in [3.8, 4) is 0 Å². The number of thioether (sulfide) groups is 1. The maximum atomic E-state index is 13.0. The van der Waals surface area contributed by atoms with Crippen molar-refractivity contribution in [3.05, 3.63) is 47.4 Å².